The van der Waals surface area contributed by atoms with Crippen molar-refractivity contribution >= 4 is 39.0 Å². The van der Waals surface area contributed by atoms with Crippen LogP contribution >= 0.6 is 11.3 Å². The van der Waals surface area contributed by atoms with E-state index in [0.29, 0.717) is 16.6 Å². The number of nitrogens with zero attached hydrogens (tertiary/aromatic N) is 3. The summed E-state index contributed by atoms with van der Waals surface area (Å²) in [5.41, 5.74) is 2.79. The van der Waals surface area contributed by atoms with Gasteiger partial charge in [-0.3, -0.25) is 14.8 Å². The van der Waals surface area contributed by atoms with Crippen molar-refractivity contribution in [1.29, 1.82) is 0 Å². The van der Waals surface area contributed by atoms with Crippen molar-refractivity contribution < 1.29 is 4.79 Å². The van der Waals surface area contributed by atoms with Gasteiger partial charge in [-0.25, -0.2) is 4.98 Å². The van der Waals surface area contributed by atoms with Crippen LogP contribution in [0.15, 0.2) is 67.3 Å². The summed E-state index contributed by atoms with van der Waals surface area (Å²) in [4.78, 5) is 25.4. The topological polar surface area (TPSA) is 79.8 Å². The Hall–Kier alpha value is -3.32. The fourth-order valence-electron chi connectivity index (χ4n) is 2.49. The first-order valence-corrected chi connectivity index (χ1v) is 8.84. The van der Waals surface area contributed by atoms with E-state index >= 15 is 0 Å². The van der Waals surface area contributed by atoms with E-state index in [1.807, 2.05) is 42.5 Å². The molecule has 0 aliphatic carbocycles. The van der Waals surface area contributed by atoms with Crippen LogP contribution in [-0.2, 0) is 6.54 Å². The van der Waals surface area contributed by atoms with Gasteiger partial charge in [-0.15, -0.1) is 0 Å². The monoisotopic (exact) mass is 361 g/mol. The molecule has 4 rings (SSSR count). The molecule has 2 N–H and O–H groups in total. The molecule has 0 atom stereocenters. The van der Waals surface area contributed by atoms with Gasteiger partial charge < -0.3 is 10.6 Å². The average Bonchev–Trinajstić information content (AvgIpc) is 3.15. The lowest BCUT2D eigenvalue weighted by Gasteiger charge is -2.04. The number of hydrogen-bond donors (Lipinski definition) is 2. The first-order valence-electron chi connectivity index (χ1n) is 8.03. The molecule has 4 aromatic rings. The summed E-state index contributed by atoms with van der Waals surface area (Å²) in [6.07, 6.45) is 6.78. The smallest absolute Gasteiger partial charge is 0.263 e. The number of carbonyl (C=O) groups is 1. The molecule has 1 aromatic carbocycles. The Bertz CT molecular complexity index is 1050. The molecule has 0 unspecified atom stereocenters. The summed E-state index contributed by atoms with van der Waals surface area (Å²) in [6, 6.07) is 13.6. The summed E-state index contributed by atoms with van der Waals surface area (Å²) in [7, 11) is 0. The highest BCUT2D eigenvalue weighted by atomic mass is 32.1. The zero-order valence-electron chi connectivity index (χ0n) is 13.7. The zero-order chi connectivity index (χ0) is 17.8. The normalized spacial score (nSPS) is 10.6. The molecule has 0 aliphatic heterocycles. The van der Waals surface area contributed by atoms with Crippen molar-refractivity contribution in [1.82, 2.24) is 20.3 Å². The van der Waals surface area contributed by atoms with E-state index in [-0.39, 0.29) is 5.91 Å². The van der Waals surface area contributed by atoms with Crippen LogP contribution in [0.3, 0.4) is 0 Å². The van der Waals surface area contributed by atoms with Gasteiger partial charge in [0.1, 0.15) is 4.88 Å². The fourth-order valence-corrected chi connectivity index (χ4v) is 3.24. The molecular weight excluding hydrogens is 346 g/mol. The first-order chi connectivity index (χ1) is 12.8. The van der Waals surface area contributed by atoms with Crippen molar-refractivity contribution in [3.63, 3.8) is 0 Å². The quantitative estimate of drug-likeness (QED) is 0.566. The Morgan fingerprint density at radius 3 is 2.85 bits per heavy atom. The molecule has 1 amide bonds. The molecule has 0 aliphatic rings. The molecule has 6 nitrogen and oxygen atoms in total. The minimum atomic E-state index is -0.151. The van der Waals surface area contributed by atoms with E-state index in [1.165, 1.54) is 11.3 Å². The summed E-state index contributed by atoms with van der Waals surface area (Å²) in [6.45, 7) is 0.436. The largest absolute Gasteiger partial charge is 0.347 e. The summed E-state index contributed by atoms with van der Waals surface area (Å²) in [5.74, 6) is -0.151. The number of pyridine rings is 2. The third-order valence-corrected chi connectivity index (χ3v) is 4.67. The van der Waals surface area contributed by atoms with Crippen molar-refractivity contribution in [2.24, 2.45) is 0 Å². The van der Waals surface area contributed by atoms with E-state index in [9.17, 15) is 4.79 Å². The van der Waals surface area contributed by atoms with Gasteiger partial charge in [0.05, 0.1) is 11.7 Å². The lowest BCUT2D eigenvalue weighted by atomic mass is 10.2. The first kappa shape index (κ1) is 16.2. The molecule has 128 valence electrons. The Labute approximate surface area is 154 Å². The van der Waals surface area contributed by atoms with Crippen LogP contribution < -0.4 is 10.6 Å². The number of fused-ring (bicyclic) bond motifs is 1. The van der Waals surface area contributed by atoms with Crippen LogP contribution in [0.25, 0.3) is 10.9 Å². The number of thiazole rings is 1. The summed E-state index contributed by atoms with van der Waals surface area (Å²) in [5, 5.41) is 7.82. The van der Waals surface area contributed by atoms with Gasteiger partial charge in [0.15, 0.2) is 5.13 Å². The molecule has 0 saturated heterocycles. The number of aromatic nitrogens is 3. The second-order valence-corrected chi connectivity index (χ2v) is 6.64. The maximum atomic E-state index is 12.3. The number of anilines is 2. The van der Waals surface area contributed by atoms with E-state index in [0.717, 1.165) is 22.2 Å². The Morgan fingerprint density at radius 1 is 1.04 bits per heavy atom. The Kier molecular flexibility index (Phi) is 4.53. The standard InChI is InChI=1S/C19H15N5OS/c25-18(22-11-13-3-1-7-20-10-13)17-12-23-19(26-17)24-15-5-6-16-14(9-15)4-2-8-21-16/h1-10,12H,11H2,(H,22,25)(H,23,24). The second-order valence-electron chi connectivity index (χ2n) is 5.61. The van der Waals surface area contributed by atoms with E-state index in [1.54, 1.807) is 24.8 Å². The van der Waals surface area contributed by atoms with Gasteiger partial charge in [-0.05, 0) is 35.9 Å². The van der Waals surface area contributed by atoms with Gasteiger partial charge in [0, 0.05) is 36.2 Å². The average molecular weight is 361 g/mol. The minimum absolute atomic E-state index is 0.151. The second kappa shape index (κ2) is 7.28. The maximum absolute atomic E-state index is 12.3. The number of hydrogen-bond acceptors (Lipinski definition) is 6. The summed E-state index contributed by atoms with van der Waals surface area (Å²) >= 11 is 1.31. The summed E-state index contributed by atoms with van der Waals surface area (Å²) < 4.78 is 0. The predicted molar refractivity (Wildman–Crippen MR) is 103 cm³/mol. The van der Waals surface area contributed by atoms with Gasteiger partial charge in [0.25, 0.3) is 5.91 Å². The van der Waals surface area contributed by atoms with Crippen molar-refractivity contribution in [2.45, 2.75) is 6.54 Å². The maximum Gasteiger partial charge on any atom is 0.263 e. The van der Waals surface area contributed by atoms with Crippen LogP contribution in [-0.4, -0.2) is 20.9 Å². The molecule has 0 radical (unpaired) electrons. The number of benzene rings is 1. The molecule has 0 spiro atoms. The molecular formula is C19H15N5OS. The van der Waals surface area contributed by atoms with Crippen LogP contribution in [0.5, 0.6) is 0 Å². The van der Waals surface area contributed by atoms with Crippen LogP contribution in [0.4, 0.5) is 10.8 Å². The highest BCUT2D eigenvalue weighted by Crippen LogP contribution is 2.24. The predicted octanol–water partition coefficient (Wildman–Crippen LogP) is 3.76. The van der Waals surface area contributed by atoms with Crippen molar-refractivity contribution in [2.75, 3.05) is 5.32 Å². The molecule has 3 heterocycles. The lowest BCUT2D eigenvalue weighted by molar-refractivity contribution is 0.0954. The minimum Gasteiger partial charge on any atom is -0.347 e. The third-order valence-electron chi connectivity index (χ3n) is 3.76. The van der Waals surface area contributed by atoms with Gasteiger partial charge in [0.2, 0.25) is 0 Å². The molecule has 26 heavy (non-hydrogen) atoms. The van der Waals surface area contributed by atoms with Crippen LogP contribution in [0, 0.1) is 0 Å². The molecule has 0 saturated carbocycles. The van der Waals surface area contributed by atoms with Crippen molar-refractivity contribution in [3.05, 3.63) is 77.7 Å². The number of rotatable bonds is 5. The van der Waals surface area contributed by atoms with Crippen LogP contribution in [0.1, 0.15) is 15.2 Å². The highest BCUT2D eigenvalue weighted by molar-refractivity contribution is 7.17. The number of carbonyl (C=O) groups excluding carboxylic acids is 1. The molecule has 3 aromatic heterocycles. The van der Waals surface area contributed by atoms with E-state index in [4.69, 9.17) is 0 Å². The van der Waals surface area contributed by atoms with E-state index < -0.39 is 0 Å². The third kappa shape index (κ3) is 3.68. The molecule has 0 fully saturated rings. The fraction of sp³-hybridized carbons (Fsp3) is 0.0526. The van der Waals surface area contributed by atoms with Gasteiger partial charge in [-0.2, -0.15) is 0 Å². The van der Waals surface area contributed by atoms with Gasteiger partial charge >= 0.3 is 0 Å². The lowest BCUT2D eigenvalue weighted by Crippen LogP contribution is -2.21. The van der Waals surface area contributed by atoms with Crippen molar-refractivity contribution in [3.8, 4) is 0 Å². The number of nitrogens with one attached hydrogen (secondary N) is 2. The Morgan fingerprint density at radius 2 is 1.96 bits per heavy atom. The van der Waals surface area contributed by atoms with E-state index in [2.05, 4.69) is 25.6 Å². The van der Waals surface area contributed by atoms with Crippen LogP contribution in [0.2, 0.25) is 0 Å². The molecule has 0 bridgehead atoms. The number of amides is 1. The SMILES string of the molecule is O=C(NCc1cccnc1)c1cnc(Nc2ccc3ncccc3c2)s1. The highest BCUT2D eigenvalue weighted by Gasteiger charge is 2.11. The Balaban J connectivity index is 1.42. The molecule has 7 heteroatoms. The zero-order valence-corrected chi connectivity index (χ0v) is 14.5. The van der Waals surface area contributed by atoms with Gasteiger partial charge in [-0.1, -0.05) is 23.5 Å².